The number of hydrogen-bond donors (Lipinski definition) is 3. The van der Waals surface area contributed by atoms with Crippen LogP contribution in [0.4, 0.5) is 5.95 Å². The average molecular weight is 351 g/mol. The molecule has 1 aliphatic carbocycles. The first kappa shape index (κ1) is 21.2. The molecule has 0 aromatic carbocycles. The number of hydrogen-bond acceptors (Lipinski definition) is 5. The van der Waals surface area contributed by atoms with Gasteiger partial charge < -0.3 is 11.1 Å². The first-order chi connectivity index (χ1) is 11.7. The van der Waals surface area contributed by atoms with Crippen molar-refractivity contribution in [3.8, 4) is 0 Å². The Kier molecular flexibility index (Phi) is 8.61. The Balaban J connectivity index is 0.000000299. The highest BCUT2D eigenvalue weighted by Crippen LogP contribution is 2.17. The molecule has 1 amide bonds. The van der Waals surface area contributed by atoms with Gasteiger partial charge in [-0.3, -0.25) is 19.5 Å². The fraction of sp³-hybridized carbons (Fsp3) is 0.722. The van der Waals surface area contributed by atoms with Crippen molar-refractivity contribution in [1.29, 1.82) is 0 Å². The molecule has 1 aromatic heterocycles. The molecule has 25 heavy (non-hydrogen) atoms. The summed E-state index contributed by atoms with van der Waals surface area (Å²) >= 11 is 0. The maximum Gasteiger partial charge on any atom is 0.270 e. The van der Waals surface area contributed by atoms with E-state index in [2.05, 4.69) is 54.8 Å². The molecule has 142 valence electrons. The second-order valence-electron chi connectivity index (χ2n) is 6.99. The summed E-state index contributed by atoms with van der Waals surface area (Å²) < 4.78 is 0. The van der Waals surface area contributed by atoms with Crippen LogP contribution in [0.25, 0.3) is 0 Å². The maximum absolute atomic E-state index is 11.7. The minimum Gasteiger partial charge on any atom is -0.369 e. The third-order valence-corrected chi connectivity index (χ3v) is 4.37. The molecule has 0 saturated heterocycles. The van der Waals surface area contributed by atoms with E-state index in [1.807, 2.05) is 0 Å². The van der Waals surface area contributed by atoms with Crippen LogP contribution in [0.3, 0.4) is 0 Å². The van der Waals surface area contributed by atoms with Crippen LogP contribution in [0.15, 0.2) is 10.9 Å². The molecule has 1 fully saturated rings. The lowest BCUT2D eigenvalue weighted by Gasteiger charge is -2.28. The first-order valence-electron chi connectivity index (χ1n) is 9.18. The SMILES string of the molecule is CCN(C(C)C)C(C)C.Nc1nc(C(=O)NC2CCCC2)cc(=O)[nH]1. The van der Waals surface area contributed by atoms with Crippen molar-refractivity contribution < 1.29 is 4.79 Å². The van der Waals surface area contributed by atoms with Crippen LogP contribution in [-0.2, 0) is 0 Å². The predicted octanol–water partition coefficient (Wildman–Crippen LogP) is 2.15. The van der Waals surface area contributed by atoms with Crippen molar-refractivity contribution >= 4 is 11.9 Å². The van der Waals surface area contributed by atoms with E-state index in [-0.39, 0.29) is 23.6 Å². The van der Waals surface area contributed by atoms with E-state index in [0.29, 0.717) is 12.1 Å². The summed E-state index contributed by atoms with van der Waals surface area (Å²) in [5.41, 5.74) is 5.02. The molecule has 1 saturated carbocycles. The molecule has 7 nitrogen and oxygen atoms in total. The number of carbonyl (C=O) groups is 1. The van der Waals surface area contributed by atoms with Crippen molar-refractivity contribution in [2.24, 2.45) is 0 Å². The highest BCUT2D eigenvalue weighted by molar-refractivity contribution is 5.92. The van der Waals surface area contributed by atoms with Crippen LogP contribution in [0, 0.1) is 0 Å². The molecule has 2 rings (SSSR count). The fourth-order valence-corrected chi connectivity index (χ4v) is 3.25. The number of anilines is 1. The molecular weight excluding hydrogens is 318 g/mol. The van der Waals surface area contributed by atoms with E-state index in [0.717, 1.165) is 38.3 Å². The van der Waals surface area contributed by atoms with Crippen LogP contribution < -0.4 is 16.6 Å². The minimum atomic E-state index is -0.413. The van der Waals surface area contributed by atoms with E-state index in [4.69, 9.17) is 5.73 Å². The highest BCUT2D eigenvalue weighted by Gasteiger charge is 2.19. The van der Waals surface area contributed by atoms with Gasteiger partial charge in [0.2, 0.25) is 5.95 Å². The maximum atomic E-state index is 11.7. The molecule has 0 atom stereocenters. The molecule has 0 unspecified atom stereocenters. The normalized spacial score (nSPS) is 14.7. The van der Waals surface area contributed by atoms with Gasteiger partial charge in [0.05, 0.1) is 0 Å². The second kappa shape index (κ2) is 10.2. The molecule has 1 aliphatic rings. The van der Waals surface area contributed by atoms with Gasteiger partial charge in [-0.25, -0.2) is 4.98 Å². The van der Waals surface area contributed by atoms with Gasteiger partial charge >= 0.3 is 0 Å². The second-order valence-corrected chi connectivity index (χ2v) is 6.99. The average Bonchev–Trinajstić information content (AvgIpc) is 2.99. The van der Waals surface area contributed by atoms with Crippen LogP contribution in [0.5, 0.6) is 0 Å². The zero-order valence-electron chi connectivity index (χ0n) is 16.1. The van der Waals surface area contributed by atoms with Gasteiger partial charge in [-0.15, -0.1) is 0 Å². The van der Waals surface area contributed by atoms with Gasteiger partial charge in [0.1, 0.15) is 5.69 Å². The summed E-state index contributed by atoms with van der Waals surface area (Å²) in [5.74, 6) is -0.367. The van der Waals surface area contributed by atoms with Crippen molar-refractivity contribution in [2.45, 2.75) is 78.4 Å². The van der Waals surface area contributed by atoms with Crippen LogP contribution >= 0.6 is 0 Å². The molecule has 0 aliphatic heterocycles. The van der Waals surface area contributed by atoms with Crippen LogP contribution in [0.1, 0.15) is 70.8 Å². The number of nitrogen functional groups attached to an aromatic ring is 1. The lowest BCUT2D eigenvalue weighted by Crippen LogP contribution is -2.36. The van der Waals surface area contributed by atoms with Crippen LogP contribution in [-0.4, -0.2) is 45.4 Å². The molecule has 1 heterocycles. The number of carbonyl (C=O) groups excluding carboxylic acids is 1. The number of nitrogens with one attached hydrogen (secondary N) is 2. The highest BCUT2D eigenvalue weighted by atomic mass is 16.2. The third-order valence-electron chi connectivity index (χ3n) is 4.37. The van der Waals surface area contributed by atoms with Crippen molar-refractivity contribution in [2.75, 3.05) is 12.3 Å². The summed E-state index contributed by atoms with van der Waals surface area (Å²) in [6.45, 7) is 12.3. The van der Waals surface area contributed by atoms with E-state index in [1.54, 1.807) is 0 Å². The van der Waals surface area contributed by atoms with Gasteiger partial charge in [0.15, 0.2) is 0 Å². The third kappa shape index (κ3) is 7.25. The standard InChI is InChI=1S/C10H14N4O2.C8H19N/c11-10-13-7(5-8(15)14-10)9(16)12-6-3-1-2-4-6;1-6-9(7(2)3)8(4)5/h5-6H,1-4H2,(H,12,16)(H3,11,13,14,15);7-8H,6H2,1-5H3. The molecule has 4 N–H and O–H groups in total. The predicted molar refractivity (Wildman–Crippen MR) is 102 cm³/mol. The van der Waals surface area contributed by atoms with Crippen molar-refractivity contribution in [3.63, 3.8) is 0 Å². The number of rotatable bonds is 5. The summed E-state index contributed by atoms with van der Waals surface area (Å²) in [7, 11) is 0. The van der Waals surface area contributed by atoms with Crippen molar-refractivity contribution in [3.05, 3.63) is 22.1 Å². The van der Waals surface area contributed by atoms with E-state index >= 15 is 0 Å². The molecule has 0 bridgehead atoms. The number of amides is 1. The minimum absolute atomic E-state index is 0.0379. The summed E-state index contributed by atoms with van der Waals surface area (Å²) in [6.07, 6.45) is 4.25. The Hall–Kier alpha value is -1.89. The Bertz CT molecular complexity index is 583. The molecular formula is C18H33N5O2. The van der Waals surface area contributed by atoms with Crippen LogP contribution in [0.2, 0.25) is 0 Å². The van der Waals surface area contributed by atoms with Crippen molar-refractivity contribution in [1.82, 2.24) is 20.2 Å². The monoisotopic (exact) mass is 351 g/mol. The zero-order chi connectivity index (χ0) is 19.0. The fourth-order valence-electron chi connectivity index (χ4n) is 3.25. The Morgan fingerprint density at radius 1 is 1.32 bits per heavy atom. The Morgan fingerprint density at radius 2 is 1.88 bits per heavy atom. The first-order valence-corrected chi connectivity index (χ1v) is 9.18. The summed E-state index contributed by atoms with van der Waals surface area (Å²) in [6, 6.07) is 2.74. The van der Waals surface area contributed by atoms with E-state index in [9.17, 15) is 9.59 Å². The summed E-state index contributed by atoms with van der Waals surface area (Å²) in [4.78, 5) is 31.4. The lowest BCUT2D eigenvalue weighted by atomic mass is 10.2. The number of H-pyrrole nitrogens is 1. The van der Waals surface area contributed by atoms with Gasteiger partial charge in [-0.2, -0.15) is 0 Å². The van der Waals surface area contributed by atoms with E-state index in [1.165, 1.54) is 0 Å². The zero-order valence-corrected chi connectivity index (χ0v) is 16.1. The molecule has 0 radical (unpaired) electrons. The number of nitrogens with two attached hydrogens (primary N) is 1. The lowest BCUT2D eigenvalue weighted by molar-refractivity contribution is 0.0932. The molecule has 7 heteroatoms. The summed E-state index contributed by atoms with van der Waals surface area (Å²) in [5, 5.41) is 2.84. The molecule has 0 spiro atoms. The van der Waals surface area contributed by atoms with Gasteiger partial charge in [0, 0.05) is 24.2 Å². The molecule has 1 aromatic rings. The number of aromatic nitrogens is 2. The Morgan fingerprint density at radius 3 is 2.28 bits per heavy atom. The number of aromatic amines is 1. The quantitative estimate of drug-likeness (QED) is 0.754. The largest absolute Gasteiger partial charge is 0.369 e. The topological polar surface area (TPSA) is 104 Å². The smallest absolute Gasteiger partial charge is 0.270 e. The van der Waals surface area contributed by atoms with Gasteiger partial charge in [-0.05, 0) is 47.1 Å². The van der Waals surface area contributed by atoms with Gasteiger partial charge in [0.25, 0.3) is 11.5 Å². The Labute approximate surface area is 150 Å². The van der Waals surface area contributed by atoms with E-state index < -0.39 is 5.56 Å². The number of nitrogens with zero attached hydrogens (tertiary/aromatic N) is 2. The van der Waals surface area contributed by atoms with Gasteiger partial charge in [-0.1, -0.05) is 19.8 Å².